The fourth-order valence-electron chi connectivity index (χ4n) is 6.24. The number of ketones is 2. The van der Waals surface area contributed by atoms with Crippen molar-refractivity contribution in [1.29, 1.82) is 0 Å². The lowest BCUT2D eigenvalue weighted by molar-refractivity contribution is -0.156. The lowest BCUT2D eigenvalue weighted by atomic mass is 9.52. The third-order valence-corrected chi connectivity index (χ3v) is 8.02. The third kappa shape index (κ3) is 3.81. The zero-order chi connectivity index (χ0) is 26.4. The minimum Gasteiger partial charge on any atom is -0.508 e. The van der Waals surface area contributed by atoms with Gasteiger partial charge in [0.15, 0.2) is 11.4 Å². The summed E-state index contributed by atoms with van der Waals surface area (Å²) >= 11 is 0. The van der Waals surface area contributed by atoms with Crippen LogP contribution in [0, 0.1) is 17.8 Å². The van der Waals surface area contributed by atoms with Crippen LogP contribution in [0.5, 0.6) is 5.75 Å². The largest absolute Gasteiger partial charge is 0.508 e. The maximum atomic E-state index is 13.8. The first-order chi connectivity index (χ1) is 17.1. The van der Waals surface area contributed by atoms with Crippen molar-refractivity contribution >= 4 is 23.2 Å². The van der Waals surface area contributed by atoms with E-state index in [1.807, 2.05) is 6.92 Å². The molecule has 1 amide bonds. The smallest absolute Gasteiger partial charge is 0.255 e. The number of ether oxygens (including phenoxy) is 1. The van der Waals surface area contributed by atoms with E-state index >= 15 is 0 Å². The van der Waals surface area contributed by atoms with Gasteiger partial charge in [0, 0.05) is 30.4 Å². The molecular formula is C27H33NO8. The Morgan fingerprint density at radius 1 is 1.17 bits per heavy atom. The quantitative estimate of drug-likeness (QED) is 0.269. The molecule has 6 N–H and O–H groups in total. The number of Topliss-reactive ketones (excluding diaryl/α,β-unsaturated/α-hetero) is 2. The Morgan fingerprint density at radius 2 is 1.89 bits per heavy atom. The zero-order valence-electron chi connectivity index (χ0n) is 20.5. The number of benzene rings is 1. The van der Waals surface area contributed by atoms with E-state index < -0.39 is 64.3 Å². The highest BCUT2D eigenvalue weighted by molar-refractivity contribution is 6.22. The number of phenols is 1. The number of hydrogen-bond acceptors (Lipinski definition) is 8. The number of aliphatic hydroxyl groups is 3. The second-order valence-electron chi connectivity index (χ2n) is 10.0. The number of phenolic OH excluding ortho intramolecular Hbond substituents is 1. The number of carbonyl (C=O) groups is 3. The van der Waals surface area contributed by atoms with E-state index in [0.717, 1.165) is 25.7 Å². The van der Waals surface area contributed by atoms with Crippen LogP contribution in [0.1, 0.15) is 63.0 Å². The number of hydrogen-bond donors (Lipinski definition) is 5. The molecule has 0 bridgehead atoms. The van der Waals surface area contributed by atoms with Crippen LogP contribution in [0.4, 0.5) is 0 Å². The summed E-state index contributed by atoms with van der Waals surface area (Å²) in [4.78, 5) is 38.6. The van der Waals surface area contributed by atoms with Gasteiger partial charge in [-0.15, -0.1) is 0 Å². The van der Waals surface area contributed by atoms with Crippen LogP contribution >= 0.6 is 0 Å². The predicted molar refractivity (Wildman–Crippen MR) is 130 cm³/mol. The number of aromatic hydroxyl groups is 1. The maximum absolute atomic E-state index is 13.8. The van der Waals surface area contributed by atoms with Crippen molar-refractivity contribution in [3.8, 4) is 5.75 Å². The Kier molecular flexibility index (Phi) is 6.99. The summed E-state index contributed by atoms with van der Waals surface area (Å²) in [5.41, 5.74) is 2.37. The van der Waals surface area contributed by atoms with Gasteiger partial charge in [-0.2, -0.15) is 0 Å². The maximum Gasteiger partial charge on any atom is 0.255 e. The van der Waals surface area contributed by atoms with Crippen LogP contribution in [-0.4, -0.2) is 56.7 Å². The van der Waals surface area contributed by atoms with Crippen LogP contribution in [0.2, 0.25) is 0 Å². The van der Waals surface area contributed by atoms with Crippen molar-refractivity contribution in [1.82, 2.24) is 0 Å². The van der Waals surface area contributed by atoms with E-state index in [-0.39, 0.29) is 29.4 Å². The van der Waals surface area contributed by atoms with Crippen LogP contribution in [0.3, 0.4) is 0 Å². The topological polar surface area (TPSA) is 167 Å². The summed E-state index contributed by atoms with van der Waals surface area (Å²) in [6.45, 7) is 4.43. The standard InChI is InChI=1S/C27H33NO8/c1-3-4-5-6-10-36-12-15-16-11-18(30)21(26(28)34)24(32)27(16,35)25(33)22-19(15)13(2)14-8-7-9-17(29)20(14)23(22)31/h7-9,13,15-16,19,29,31-32,35H,3-6,10-12H2,1-2H3,(H2,28,34)/t13-,15+,16+,19-,27+/m0/s1. The first-order valence-corrected chi connectivity index (χ1v) is 12.4. The number of carbonyl (C=O) groups excluding carboxylic acids is 3. The number of unbranched alkanes of at least 4 members (excludes halogenated alkanes) is 3. The van der Waals surface area contributed by atoms with E-state index in [0.29, 0.717) is 12.2 Å². The highest BCUT2D eigenvalue weighted by Crippen LogP contribution is 2.57. The summed E-state index contributed by atoms with van der Waals surface area (Å²) in [6.07, 6.45) is 3.53. The molecule has 4 rings (SSSR count). The normalized spacial score (nSPS) is 29.6. The van der Waals surface area contributed by atoms with Gasteiger partial charge in [0.2, 0.25) is 5.78 Å². The molecule has 0 unspecified atom stereocenters. The Hall–Kier alpha value is -3.17. The number of amides is 1. The Morgan fingerprint density at radius 3 is 2.56 bits per heavy atom. The molecular weight excluding hydrogens is 466 g/mol. The van der Waals surface area contributed by atoms with Gasteiger partial charge in [-0.3, -0.25) is 14.4 Å². The first-order valence-electron chi connectivity index (χ1n) is 12.4. The lowest BCUT2D eigenvalue weighted by Crippen LogP contribution is -2.62. The summed E-state index contributed by atoms with van der Waals surface area (Å²) in [5, 5.41) is 44.3. The fraction of sp³-hybridized carbons (Fsp3) is 0.519. The SMILES string of the molecule is CCCCCCOC[C@H]1[C@H]2C(=C(O)c3c(O)cccc3[C@@H]2C)C(=O)[C@]2(O)C(O)=C(C(N)=O)C(=O)C[C@H]12. The highest BCUT2D eigenvalue weighted by Gasteiger charge is 2.64. The number of aliphatic hydroxyl groups excluding tert-OH is 2. The predicted octanol–water partition coefficient (Wildman–Crippen LogP) is 2.81. The summed E-state index contributed by atoms with van der Waals surface area (Å²) in [6, 6.07) is 4.77. The molecule has 0 spiro atoms. The molecule has 0 radical (unpaired) electrons. The van der Waals surface area contributed by atoms with E-state index in [1.54, 1.807) is 12.1 Å². The van der Waals surface area contributed by atoms with Gasteiger partial charge in [-0.1, -0.05) is 45.2 Å². The number of fused-ring (bicyclic) bond motifs is 3. The van der Waals surface area contributed by atoms with Gasteiger partial charge >= 0.3 is 0 Å². The average molecular weight is 500 g/mol. The molecule has 1 aromatic carbocycles. The van der Waals surface area contributed by atoms with Crippen molar-refractivity contribution < 1.29 is 39.5 Å². The minimum atomic E-state index is -2.64. The molecule has 194 valence electrons. The van der Waals surface area contributed by atoms with Crippen molar-refractivity contribution in [2.75, 3.05) is 13.2 Å². The zero-order valence-corrected chi connectivity index (χ0v) is 20.5. The van der Waals surface area contributed by atoms with E-state index in [9.17, 15) is 34.8 Å². The molecule has 0 saturated heterocycles. The Balaban J connectivity index is 1.85. The molecule has 1 aromatic rings. The Labute approximate surface area is 209 Å². The van der Waals surface area contributed by atoms with E-state index in [4.69, 9.17) is 10.5 Å². The van der Waals surface area contributed by atoms with Crippen LogP contribution in [0.15, 0.2) is 35.1 Å². The third-order valence-electron chi connectivity index (χ3n) is 8.02. The summed E-state index contributed by atoms with van der Waals surface area (Å²) < 4.78 is 5.96. The molecule has 36 heavy (non-hydrogen) atoms. The van der Waals surface area contributed by atoms with E-state index in [1.165, 1.54) is 6.07 Å². The van der Waals surface area contributed by atoms with Crippen molar-refractivity contribution in [3.05, 3.63) is 46.2 Å². The molecule has 1 saturated carbocycles. The van der Waals surface area contributed by atoms with Gasteiger partial charge in [0.25, 0.3) is 5.91 Å². The Bertz CT molecular complexity index is 1170. The number of primary amides is 1. The molecule has 9 heteroatoms. The molecule has 3 aliphatic rings. The fourth-order valence-corrected chi connectivity index (χ4v) is 6.24. The number of nitrogens with two attached hydrogens (primary N) is 1. The van der Waals surface area contributed by atoms with Crippen molar-refractivity contribution in [2.24, 2.45) is 23.5 Å². The lowest BCUT2D eigenvalue weighted by Gasteiger charge is -2.52. The molecule has 3 aliphatic carbocycles. The number of rotatable bonds is 8. The van der Waals surface area contributed by atoms with E-state index in [2.05, 4.69) is 6.92 Å². The second-order valence-corrected chi connectivity index (χ2v) is 10.0. The summed E-state index contributed by atoms with van der Waals surface area (Å²) in [7, 11) is 0. The van der Waals surface area contributed by atoms with Crippen LogP contribution < -0.4 is 5.73 Å². The molecule has 9 nitrogen and oxygen atoms in total. The van der Waals surface area contributed by atoms with Gasteiger partial charge in [0.05, 0.1) is 12.2 Å². The van der Waals surface area contributed by atoms with Crippen LogP contribution in [-0.2, 0) is 19.1 Å². The van der Waals surface area contributed by atoms with Gasteiger partial charge in [-0.05, 0) is 29.9 Å². The monoisotopic (exact) mass is 499 g/mol. The summed E-state index contributed by atoms with van der Waals surface area (Å²) in [5.74, 6) is -7.66. The highest BCUT2D eigenvalue weighted by atomic mass is 16.5. The first kappa shape index (κ1) is 25.9. The molecule has 5 atom stereocenters. The van der Waals surface area contributed by atoms with Gasteiger partial charge in [-0.25, -0.2) is 0 Å². The van der Waals surface area contributed by atoms with Gasteiger partial charge in [0.1, 0.15) is 22.8 Å². The average Bonchev–Trinajstić information content (AvgIpc) is 2.82. The van der Waals surface area contributed by atoms with Crippen molar-refractivity contribution in [2.45, 2.75) is 57.5 Å². The molecule has 0 aromatic heterocycles. The second kappa shape index (κ2) is 9.71. The van der Waals surface area contributed by atoms with Crippen molar-refractivity contribution in [3.63, 3.8) is 0 Å². The molecule has 1 fully saturated rings. The molecule has 0 heterocycles. The van der Waals surface area contributed by atoms with Crippen LogP contribution in [0.25, 0.3) is 5.76 Å². The molecule has 0 aliphatic heterocycles. The minimum absolute atomic E-state index is 0.0543. The van der Waals surface area contributed by atoms with Gasteiger partial charge < -0.3 is 30.9 Å².